The predicted octanol–water partition coefficient (Wildman–Crippen LogP) is 21.9. The topological polar surface area (TPSA) is 180 Å². The standard InChI is InChI=1S/C29H31F4N3O.C24H35F3N4O2.C23H30FN3O.C22H27F2N3O/c30-25-18-24(29(31,32)33)19-26(20-25)34-28(37)36(21-23-10-5-2-6-11-23)27-13-16-35(17-14-27)15-7-12-22-8-3-1-4-9-22;1-4-8-18(3)30-15-11-21(12-16-30)31(14-7-13-28-22(32)5-2)23(33)29-20-10-6-9-19(17-20)24(25,26)27;1-2-3-14-26-15-12-22(13-16-26)27(18-19-8-5-4-6-9-19)23(28)25-21-11-7-10-20(24)17-21;1-16-6-3-4-7-17(16)15-27-12-10-19(11-13-27)25-21(28)26-20-9-5-8-18(14-20)22(2,23)24/h1-6,8-11,18-20,27H,7,12-17,21H2,(H,34,37);5-6,9-10,17-18,21H,2,4,7-8,11-16H2,1,3H3,(H,28,32)(H,29,33);4-11,17,22H,2-3,12-16,18H2,1H3,(H,25,28);3-9,14,19H,10-13,15H2,1-2H3,(H2,25,26,28). The molecule has 12 rings (SSSR count). The second-order valence-electron chi connectivity index (χ2n) is 32.9. The highest BCUT2D eigenvalue weighted by Crippen LogP contribution is 2.35. The molecule has 0 aliphatic carbocycles. The van der Waals surface area contributed by atoms with Crippen LogP contribution in [-0.2, 0) is 49.1 Å². The van der Waals surface area contributed by atoms with Gasteiger partial charge in [0.15, 0.2) is 0 Å². The normalized spacial score (nSPS) is 15.6. The van der Waals surface area contributed by atoms with Gasteiger partial charge in [0, 0.05) is 151 Å². The Morgan fingerprint density at radius 1 is 0.468 bits per heavy atom. The molecule has 0 radical (unpaired) electrons. The Morgan fingerprint density at radius 3 is 1.44 bits per heavy atom. The zero-order valence-electron chi connectivity index (χ0n) is 73.0. The first-order chi connectivity index (χ1) is 60.4. The number of halogens is 10. The molecule has 28 heteroatoms. The van der Waals surface area contributed by atoms with E-state index in [1.807, 2.05) is 89.8 Å². The van der Waals surface area contributed by atoms with E-state index in [1.165, 1.54) is 78.1 Å². The lowest BCUT2D eigenvalue weighted by Gasteiger charge is -2.40. The van der Waals surface area contributed by atoms with Gasteiger partial charge in [-0.25, -0.2) is 36.7 Å². The van der Waals surface area contributed by atoms with Crippen LogP contribution in [0.2, 0.25) is 0 Å². The van der Waals surface area contributed by atoms with Crippen LogP contribution >= 0.6 is 0 Å². The molecule has 4 aliphatic rings. The quantitative estimate of drug-likeness (QED) is 0.0145. The number of nitrogens with one attached hydrogen (secondary N) is 6. The van der Waals surface area contributed by atoms with E-state index in [1.54, 1.807) is 28.0 Å². The maximum atomic E-state index is 13.9. The number of benzene rings is 8. The van der Waals surface area contributed by atoms with Gasteiger partial charge in [0.2, 0.25) is 5.91 Å². The summed E-state index contributed by atoms with van der Waals surface area (Å²) in [5, 5.41) is 16.3. The third-order valence-electron chi connectivity index (χ3n) is 23.3. The van der Waals surface area contributed by atoms with E-state index in [4.69, 9.17) is 0 Å². The number of carbonyl (C=O) groups is 5. The highest BCUT2D eigenvalue weighted by molar-refractivity contribution is 5.92. The molecule has 0 spiro atoms. The van der Waals surface area contributed by atoms with Gasteiger partial charge in [-0.05, 0) is 211 Å². The summed E-state index contributed by atoms with van der Waals surface area (Å²) in [6.07, 6.45) is 6.00. The van der Waals surface area contributed by atoms with Crippen LogP contribution in [0.15, 0.2) is 219 Å². The molecule has 8 aromatic carbocycles. The largest absolute Gasteiger partial charge is 0.416 e. The van der Waals surface area contributed by atoms with Crippen LogP contribution in [0.25, 0.3) is 0 Å². The molecule has 18 nitrogen and oxygen atoms in total. The maximum Gasteiger partial charge on any atom is 0.416 e. The fraction of sp³-hybridized carbons (Fsp3) is 0.439. The lowest BCUT2D eigenvalue weighted by Crippen LogP contribution is -2.51. The Labute approximate surface area is 735 Å². The number of nitrogens with zero attached hydrogens (tertiary/aromatic N) is 7. The molecule has 8 aromatic rings. The molecular weight excluding hydrogens is 1630 g/mol. The first-order valence-electron chi connectivity index (χ1n) is 44.0. The molecule has 680 valence electrons. The Bertz CT molecular complexity index is 4650. The van der Waals surface area contributed by atoms with E-state index in [2.05, 4.69) is 116 Å². The number of unbranched alkanes of at least 4 members (excludes halogenated alkanes) is 1. The average Bonchev–Trinajstić information content (AvgIpc) is 0.810. The molecule has 9 amide bonds. The zero-order valence-corrected chi connectivity index (χ0v) is 73.0. The molecule has 1 atom stereocenters. The number of anilines is 4. The molecule has 126 heavy (non-hydrogen) atoms. The number of carbonyl (C=O) groups excluding carboxylic acids is 5. The Kier molecular flexibility index (Phi) is 39.2. The van der Waals surface area contributed by atoms with Gasteiger partial charge in [-0.3, -0.25) is 9.69 Å². The minimum Gasteiger partial charge on any atom is -0.353 e. The first-order valence-corrected chi connectivity index (χ1v) is 44.0. The smallest absolute Gasteiger partial charge is 0.353 e. The molecule has 4 saturated heterocycles. The summed E-state index contributed by atoms with van der Waals surface area (Å²) < 4.78 is 133. The number of hydrogen-bond acceptors (Lipinski definition) is 9. The fourth-order valence-corrected chi connectivity index (χ4v) is 16.2. The number of amides is 9. The Hall–Kier alpha value is -10.8. The molecule has 4 fully saturated rings. The summed E-state index contributed by atoms with van der Waals surface area (Å²) in [5.74, 6) is -4.62. The van der Waals surface area contributed by atoms with Crippen LogP contribution in [-0.4, -0.2) is 173 Å². The van der Waals surface area contributed by atoms with Gasteiger partial charge in [0.05, 0.1) is 11.1 Å². The van der Waals surface area contributed by atoms with Crippen molar-refractivity contribution in [3.05, 3.63) is 275 Å². The van der Waals surface area contributed by atoms with Gasteiger partial charge in [-0.1, -0.05) is 173 Å². The van der Waals surface area contributed by atoms with Crippen LogP contribution in [0, 0.1) is 18.6 Å². The van der Waals surface area contributed by atoms with Gasteiger partial charge >= 0.3 is 36.5 Å². The van der Waals surface area contributed by atoms with E-state index in [0.29, 0.717) is 56.1 Å². The summed E-state index contributed by atoms with van der Waals surface area (Å²) in [7, 11) is 0. The maximum absolute atomic E-state index is 13.9. The lowest BCUT2D eigenvalue weighted by atomic mass is 10.0. The summed E-state index contributed by atoms with van der Waals surface area (Å²) in [5.41, 5.74) is 4.64. The zero-order chi connectivity index (χ0) is 90.6. The third-order valence-corrected chi connectivity index (χ3v) is 23.3. The van der Waals surface area contributed by atoms with E-state index >= 15 is 0 Å². The monoisotopic (exact) mass is 1750 g/mol. The van der Waals surface area contributed by atoms with Gasteiger partial charge < -0.3 is 61.3 Å². The van der Waals surface area contributed by atoms with Crippen molar-refractivity contribution in [3.63, 3.8) is 0 Å². The van der Waals surface area contributed by atoms with E-state index in [0.717, 1.165) is 191 Å². The molecular formula is C98H123F10N13O5. The molecule has 0 bridgehead atoms. The van der Waals surface area contributed by atoms with E-state index in [-0.39, 0.29) is 64.9 Å². The van der Waals surface area contributed by atoms with E-state index in [9.17, 15) is 67.9 Å². The van der Waals surface area contributed by atoms with Crippen molar-refractivity contribution >= 4 is 52.8 Å². The minimum absolute atomic E-state index is 0.0176. The van der Waals surface area contributed by atoms with Gasteiger partial charge in [-0.2, -0.15) is 26.3 Å². The molecule has 0 saturated carbocycles. The average molecular weight is 1750 g/mol. The number of hydrogen-bond donors (Lipinski definition) is 6. The van der Waals surface area contributed by atoms with Crippen molar-refractivity contribution < 1.29 is 67.9 Å². The summed E-state index contributed by atoms with van der Waals surface area (Å²) in [4.78, 5) is 78.0. The number of aryl methyl sites for hydroxylation is 2. The van der Waals surface area contributed by atoms with Gasteiger partial charge in [0.1, 0.15) is 11.6 Å². The van der Waals surface area contributed by atoms with Crippen molar-refractivity contribution in [1.29, 1.82) is 0 Å². The second-order valence-corrected chi connectivity index (χ2v) is 32.9. The number of piperidine rings is 4. The number of likely N-dealkylation sites (tertiary alicyclic amines) is 4. The second kappa shape index (κ2) is 49.9. The van der Waals surface area contributed by atoms with Gasteiger partial charge in [0.25, 0.3) is 5.92 Å². The van der Waals surface area contributed by atoms with Crippen LogP contribution < -0.4 is 31.9 Å². The fourth-order valence-electron chi connectivity index (χ4n) is 16.2. The lowest BCUT2D eigenvalue weighted by molar-refractivity contribution is -0.138. The van der Waals surface area contributed by atoms with Crippen molar-refractivity contribution in [3.8, 4) is 0 Å². The SMILES string of the molecule is C=CC(=O)NCCCN(C(=O)Nc1cccc(C(F)(F)F)c1)C1CCN(C(C)CCC)CC1.CCCCN1CCC(N(Cc2ccccc2)C(=O)Nc2cccc(F)c2)CC1.Cc1ccccc1CN1CCC(NC(=O)Nc2cccc(C(C)(F)F)c2)CC1.O=C(Nc1cc(F)cc(C(F)(F)F)c1)N(Cc1ccccc1)C1CCN(CCCc2ccccc2)CC1. The summed E-state index contributed by atoms with van der Waals surface area (Å²) in [6, 6.07) is 56.0. The summed E-state index contributed by atoms with van der Waals surface area (Å²) >= 11 is 0. The minimum atomic E-state index is -4.71. The van der Waals surface area contributed by atoms with Crippen LogP contribution in [0.5, 0.6) is 0 Å². The molecule has 1 unspecified atom stereocenters. The van der Waals surface area contributed by atoms with Crippen molar-refractivity contribution in [2.45, 2.75) is 199 Å². The molecule has 4 heterocycles. The highest BCUT2D eigenvalue weighted by Gasteiger charge is 2.36. The van der Waals surface area contributed by atoms with Crippen LogP contribution in [0.3, 0.4) is 0 Å². The Balaban J connectivity index is 0.000000191. The van der Waals surface area contributed by atoms with Crippen LogP contribution in [0.4, 0.5) is 85.8 Å². The highest BCUT2D eigenvalue weighted by atomic mass is 19.4. The van der Waals surface area contributed by atoms with Crippen molar-refractivity contribution in [2.75, 3.05) is 99.8 Å². The number of alkyl halides is 8. The molecule has 6 N–H and O–H groups in total. The third kappa shape index (κ3) is 33.5. The molecule has 4 aliphatic heterocycles. The predicted molar refractivity (Wildman–Crippen MR) is 480 cm³/mol. The van der Waals surface area contributed by atoms with Crippen molar-refractivity contribution in [2.24, 2.45) is 0 Å². The Morgan fingerprint density at radius 2 is 0.921 bits per heavy atom. The van der Waals surface area contributed by atoms with Gasteiger partial charge in [-0.15, -0.1) is 0 Å². The van der Waals surface area contributed by atoms with E-state index < -0.39 is 47.3 Å². The first kappa shape index (κ1) is 99.0. The number of rotatable bonds is 30. The molecule has 0 aromatic heterocycles. The number of urea groups is 4. The van der Waals surface area contributed by atoms with Crippen molar-refractivity contribution in [1.82, 2.24) is 44.9 Å². The summed E-state index contributed by atoms with van der Waals surface area (Å²) in [6.45, 7) is 24.9. The van der Waals surface area contributed by atoms with Crippen LogP contribution in [0.1, 0.15) is 162 Å².